The number of rotatable bonds is 8. The van der Waals surface area contributed by atoms with Crippen LogP contribution in [0.3, 0.4) is 0 Å². The minimum atomic E-state index is -1.30. The van der Waals surface area contributed by atoms with Crippen LogP contribution in [0.15, 0.2) is 24.3 Å². The number of H-pyrrole nitrogens is 1. The maximum atomic E-state index is 13.5. The molecule has 0 spiro atoms. The van der Waals surface area contributed by atoms with Crippen molar-refractivity contribution in [3.63, 3.8) is 0 Å². The Balaban J connectivity index is 0.00000441. The summed E-state index contributed by atoms with van der Waals surface area (Å²) in [5.41, 5.74) is 1.29. The quantitative estimate of drug-likeness (QED) is 0.156. The van der Waals surface area contributed by atoms with E-state index in [-0.39, 0.29) is 53.2 Å². The Morgan fingerprint density at radius 1 is 1.20 bits per heavy atom. The van der Waals surface area contributed by atoms with Gasteiger partial charge in [0.15, 0.2) is 0 Å². The second kappa shape index (κ2) is 11.9. The molecule has 1 unspecified atom stereocenters. The Morgan fingerprint density at radius 2 is 1.82 bits per heavy atom. The first-order valence-corrected chi connectivity index (χ1v) is 13.1. The number of nitrogens with zero attached hydrogens (tertiary/aromatic N) is 1. The molecule has 12 nitrogen and oxygen atoms in total. The fourth-order valence-corrected chi connectivity index (χ4v) is 6.67. The number of esters is 1. The molecule has 1 aromatic heterocycles. The van der Waals surface area contributed by atoms with Crippen molar-refractivity contribution in [1.82, 2.24) is 20.5 Å². The smallest absolute Gasteiger partial charge is 0.872 e. The molecule has 4 atom stereocenters. The summed E-state index contributed by atoms with van der Waals surface area (Å²) in [6, 6.07) is 1.96. The van der Waals surface area contributed by atoms with E-state index in [1.165, 1.54) is 40.9 Å². The van der Waals surface area contributed by atoms with Crippen molar-refractivity contribution >= 4 is 41.4 Å². The SMILES string of the molecule is CCOC(=O)c1[nH]c(C)c(C(=O)NC(C(=O)N[C@@H]2C(=O)N3[C@@H]2SC(C)(C)[C@@H]3C(=O)O)c2ccc([O-])cc2)c1C.[Na+]. The monoisotopic (exact) mass is 580 g/mol. The first-order valence-electron chi connectivity index (χ1n) is 12.3. The molecule has 2 aromatic rings. The predicted molar refractivity (Wildman–Crippen MR) is 138 cm³/mol. The minimum absolute atomic E-state index is 0. The molecule has 4 N–H and O–H groups in total. The molecular weight excluding hydrogens is 551 g/mol. The maximum absolute atomic E-state index is 13.5. The van der Waals surface area contributed by atoms with Crippen LogP contribution in [0.25, 0.3) is 0 Å². The minimum Gasteiger partial charge on any atom is -0.872 e. The number of hydrogen-bond donors (Lipinski definition) is 4. The van der Waals surface area contributed by atoms with Crippen molar-refractivity contribution in [3.8, 4) is 5.75 Å². The first kappa shape index (κ1) is 31.5. The van der Waals surface area contributed by atoms with Crippen LogP contribution in [0.4, 0.5) is 0 Å². The number of fused-ring (bicyclic) bond motifs is 1. The number of hydrogen-bond acceptors (Lipinski definition) is 8. The summed E-state index contributed by atoms with van der Waals surface area (Å²) in [5.74, 6) is -3.96. The van der Waals surface area contributed by atoms with Crippen LogP contribution in [0.5, 0.6) is 5.75 Å². The molecule has 4 rings (SSSR count). The van der Waals surface area contributed by atoms with Crippen LogP contribution in [-0.2, 0) is 19.1 Å². The number of nitrogens with one attached hydrogen (secondary N) is 3. The number of thioether (sulfide) groups is 1. The zero-order valence-corrected chi connectivity index (χ0v) is 25.8. The second-order valence-electron chi connectivity index (χ2n) is 9.91. The van der Waals surface area contributed by atoms with E-state index in [1.807, 2.05) is 0 Å². The normalized spacial score (nSPS) is 21.4. The van der Waals surface area contributed by atoms with Gasteiger partial charge in [-0.2, -0.15) is 0 Å². The number of aromatic amines is 1. The van der Waals surface area contributed by atoms with E-state index in [9.17, 15) is 34.2 Å². The Labute approximate surface area is 256 Å². The largest absolute Gasteiger partial charge is 1.00 e. The summed E-state index contributed by atoms with van der Waals surface area (Å²) >= 11 is 1.27. The number of carbonyl (C=O) groups excluding carboxylic acids is 4. The van der Waals surface area contributed by atoms with Crippen molar-refractivity contribution in [2.75, 3.05) is 6.61 Å². The van der Waals surface area contributed by atoms with Crippen LogP contribution in [-0.4, -0.2) is 73.5 Å². The van der Waals surface area contributed by atoms with Gasteiger partial charge in [0.05, 0.1) is 12.2 Å². The zero-order chi connectivity index (χ0) is 28.8. The van der Waals surface area contributed by atoms with Crippen molar-refractivity contribution in [3.05, 3.63) is 52.3 Å². The Hall–Kier alpha value is -3.00. The van der Waals surface area contributed by atoms with E-state index >= 15 is 0 Å². The van der Waals surface area contributed by atoms with E-state index in [2.05, 4.69) is 15.6 Å². The number of amides is 3. The van der Waals surface area contributed by atoms with Crippen LogP contribution >= 0.6 is 11.8 Å². The number of ether oxygens (including phenoxy) is 1. The van der Waals surface area contributed by atoms with Crippen LogP contribution < -0.4 is 45.3 Å². The van der Waals surface area contributed by atoms with Gasteiger partial charge in [0.2, 0.25) is 11.8 Å². The number of carboxylic acids is 1. The maximum Gasteiger partial charge on any atom is 1.00 e. The number of aromatic nitrogens is 1. The summed E-state index contributed by atoms with van der Waals surface area (Å²) in [6.45, 7) is 8.43. The summed E-state index contributed by atoms with van der Waals surface area (Å²) in [5, 5.41) is 26.0. The number of carboxylic acid groups (broad SMARTS) is 1. The molecule has 0 radical (unpaired) electrons. The molecule has 2 fully saturated rings. The molecule has 2 aliphatic rings. The van der Waals surface area contributed by atoms with Crippen LogP contribution in [0.2, 0.25) is 0 Å². The Bertz CT molecular complexity index is 1360. The Kier molecular flexibility index (Phi) is 9.34. The third-order valence-corrected chi connectivity index (χ3v) is 8.44. The molecule has 0 bridgehead atoms. The van der Waals surface area contributed by atoms with Gasteiger partial charge in [0, 0.05) is 10.4 Å². The molecule has 0 aliphatic carbocycles. The fraction of sp³-hybridized carbons (Fsp3) is 0.423. The third kappa shape index (κ3) is 5.60. The average Bonchev–Trinajstić information content (AvgIpc) is 3.31. The third-order valence-electron chi connectivity index (χ3n) is 6.87. The molecule has 40 heavy (non-hydrogen) atoms. The number of β-lactam (4-membered cyclic amide) rings is 1. The van der Waals surface area contributed by atoms with Gasteiger partial charge in [0.1, 0.15) is 29.2 Å². The summed E-state index contributed by atoms with van der Waals surface area (Å²) < 4.78 is 4.26. The van der Waals surface area contributed by atoms with Crippen molar-refractivity contribution < 1.29 is 68.5 Å². The fourth-order valence-electron chi connectivity index (χ4n) is 5.04. The van der Waals surface area contributed by atoms with Gasteiger partial charge in [-0.1, -0.05) is 24.3 Å². The van der Waals surface area contributed by atoms with Crippen LogP contribution in [0, 0.1) is 13.8 Å². The van der Waals surface area contributed by atoms with Crippen molar-refractivity contribution in [2.45, 2.75) is 62.9 Å². The van der Waals surface area contributed by atoms with Crippen molar-refractivity contribution in [1.29, 1.82) is 0 Å². The van der Waals surface area contributed by atoms with Crippen molar-refractivity contribution in [2.24, 2.45) is 0 Å². The standard InChI is InChI=1S/C26H30N4O8S.Na/c1-6-38-25(37)16-11(2)15(12(3)27-16)20(32)28-17(13-7-9-14(31)10-8-13)21(33)29-18-22(34)30-19(24(35)36)26(4,5)39-23(18)30;/h7-10,17-19,23,27,31H,6H2,1-5H3,(H,28,32)(H,29,33)(H,35,36);/q;+1/p-1/t17?,18-,19+,23-;/m1./s1. The van der Waals surface area contributed by atoms with E-state index in [0.717, 1.165) is 0 Å². The van der Waals surface area contributed by atoms with E-state index < -0.39 is 57.9 Å². The molecule has 1 aromatic carbocycles. The van der Waals surface area contributed by atoms with Crippen LogP contribution in [0.1, 0.15) is 64.5 Å². The number of benzene rings is 1. The van der Waals surface area contributed by atoms with Gasteiger partial charge in [-0.15, -0.1) is 17.5 Å². The number of aryl methyl sites for hydroxylation is 1. The molecule has 3 amide bonds. The molecule has 3 heterocycles. The van der Waals surface area contributed by atoms with Gasteiger partial charge in [-0.25, -0.2) is 9.59 Å². The van der Waals surface area contributed by atoms with Gasteiger partial charge < -0.3 is 35.5 Å². The summed E-state index contributed by atoms with van der Waals surface area (Å²) in [6.07, 6.45) is 0. The molecule has 208 valence electrons. The average molecular weight is 581 g/mol. The van der Waals surface area contributed by atoms with Gasteiger partial charge in [-0.3, -0.25) is 14.4 Å². The first-order chi connectivity index (χ1) is 18.3. The topological polar surface area (TPSA) is 181 Å². The van der Waals surface area contributed by atoms with E-state index in [0.29, 0.717) is 16.8 Å². The number of carbonyl (C=O) groups is 5. The van der Waals surface area contributed by atoms with E-state index in [1.54, 1.807) is 34.6 Å². The predicted octanol–water partition coefficient (Wildman–Crippen LogP) is -2.01. The van der Waals surface area contributed by atoms with Gasteiger partial charge in [-0.05, 0) is 45.7 Å². The molecule has 14 heteroatoms. The van der Waals surface area contributed by atoms with Gasteiger partial charge >= 0.3 is 41.5 Å². The Morgan fingerprint density at radius 3 is 2.40 bits per heavy atom. The molecule has 2 aliphatic heterocycles. The molecule has 2 saturated heterocycles. The zero-order valence-electron chi connectivity index (χ0n) is 23.0. The molecule has 0 saturated carbocycles. The molecular formula is C26H29N4NaO8S. The number of aliphatic carboxylic acids is 1. The van der Waals surface area contributed by atoms with E-state index in [4.69, 9.17) is 4.74 Å². The second-order valence-corrected chi connectivity index (χ2v) is 11.7. The summed E-state index contributed by atoms with van der Waals surface area (Å²) in [4.78, 5) is 68.0. The summed E-state index contributed by atoms with van der Waals surface area (Å²) in [7, 11) is 0. The van der Waals surface area contributed by atoms with Gasteiger partial charge in [0.25, 0.3) is 5.91 Å².